The van der Waals surface area contributed by atoms with Gasteiger partial charge in [-0.15, -0.1) is 24.0 Å². The highest BCUT2D eigenvalue weighted by Crippen LogP contribution is 2.11. The summed E-state index contributed by atoms with van der Waals surface area (Å²) in [5, 5.41) is 6.17. The van der Waals surface area contributed by atoms with Crippen LogP contribution in [0.2, 0.25) is 0 Å². The van der Waals surface area contributed by atoms with E-state index in [1.54, 1.807) is 7.05 Å². The average Bonchev–Trinajstić information content (AvgIpc) is 2.72. The number of ether oxygens (including phenoxy) is 2. The largest absolute Gasteiger partial charge is 0.494 e. The molecule has 1 heterocycles. The molecule has 0 saturated carbocycles. The molecular weight excluding hydrogens is 507 g/mol. The van der Waals surface area contributed by atoms with E-state index in [1.165, 1.54) is 0 Å². The molecule has 1 aromatic rings. The van der Waals surface area contributed by atoms with Crippen LogP contribution in [0, 0.1) is 0 Å². The number of hydrogen-bond acceptors (Lipinski definition) is 5. The van der Waals surface area contributed by atoms with E-state index in [0.717, 1.165) is 31.4 Å². The topological polar surface area (TPSA) is 101 Å². The highest BCUT2D eigenvalue weighted by molar-refractivity contribution is 14.0. The molecule has 1 aromatic carbocycles. The van der Waals surface area contributed by atoms with Crippen molar-refractivity contribution in [2.75, 3.05) is 45.6 Å². The third-order valence-corrected chi connectivity index (χ3v) is 5.67. The van der Waals surface area contributed by atoms with Gasteiger partial charge in [0.25, 0.3) is 0 Å². The summed E-state index contributed by atoms with van der Waals surface area (Å²) in [5.74, 6) is 1.41. The fourth-order valence-corrected chi connectivity index (χ4v) is 3.73. The van der Waals surface area contributed by atoms with Crippen LogP contribution < -0.4 is 20.1 Å². The summed E-state index contributed by atoms with van der Waals surface area (Å²) in [6.07, 6.45) is 3.84. The molecule has 166 valence electrons. The van der Waals surface area contributed by atoms with E-state index in [-0.39, 0.29) is 42.4 Å². The summed E-state index contributed by atoms with van der Waals surface area (Å²) in [5.41, 5.74) is 0. The van der Waals surface area contributed by atoms with Crippen molar-refractivity contribution in [2.45, 2.75) is 31.8 Å². The predicted molar refractivity (Wildman–Crippen MR) is 127 cm³/mol. The number of para-hydroxylation sites is 1. The minimum absolute atomic E-state index is 0. The van der Waals surface area contributed by atoms with Gasteiger partial charge in [-0.25, -0.2) is 13.1 Å². The monoisotopic (exact) mass is 540 g/mol. The Labute approximate surface area is 191 Å². The highest BCUT2D eigenvalue weighted by Gasteiger charge is 2.17. The van der Waals surface area contributed by atoms with E-state index in [4.69, 9.17) is 9.47 Å². The number of sulfonamides is 1. The first-order valence-electron chi connectivity index (χ1n) is 9.80. The smallest absolute Gasteiger partial charge is 0.213 e. The summed E-state index contributed by atoms with van der Waals surface area (Å²) >= 11 is 0. The summed E-state index contributed by atoms with van der Waals surface area (Å²) in [4.78, 5) is 4.10. The zero-order chi connectivity index (χ0) is 20.1. The third-order valence-electron chi connectivity index (χ3n) is 4.32. The molecule has 1 unspecified atom stereocenters. The first-order chi connectivity index (χ1) is 13.6. The summed E-state index contributed by atoms with van der Waals surface area (Å²) in [6, 6.07) is 9.66. The number of nitrogens with one attached hydrogen (secondary N) is 3. The number of benzene rings is 1. The number of rotatable bonds is 11. The number of nitrogens with zero attached hydrogens (tertiary/aromatic N) is 1. The van der Waals surface area contributed by atoms with Crippen LogP contribution in [0.15, 0.2) is 35.3 Å². The van der Waals surface area contributed by atoms with Crippen molar-refractivity contribution in [3.05, 3.63) is 30.3 Å². The molecule has 1 atom stereocenters. The van der Waals surface area contributed by atoms with E-state index in [0.29, 0.717) is 32.3 Å². The molecule has 0 bridgehead atoms. The van der Waals surface area contributed by atoms with Crippen molar-refractivity contribution in [3.63, 3.8) is 0 Å². The van der Waals surface area contributed by atoms with Crippen LogP contribution in [0.1, 0.15) is 25.7 Å². The van der Waals surface area contributed by atoms with Crippen molar-refractivity contribution in [2.24, 2.45) is 4.99 Å². The van der Waals surface area contributed by atoms with Crippen LogP contribution >= 0.6 is 24.0 Å². The molecule has 0 amide bonds. The summed E-state index contributed by atoms with van der Waals surface area (Å²) in [6.45, 7) is 2.61. The van der Waals surface area contributed by atoms with Gasteiger partial charge in [0.15, 0.2) is 5.96 Å². The molecule has 0 aliphatic carbocycles. The molecule has 8 nitrogen and oxygen atoms in total. The fraction of sp³-hybridized carbons (Fsp3) is 0.632. The second-order valence-corrected chi connectivity index (χ2v) is 8.52. The molecule has 0 radical (unpaired) electrons. The molecular formula is C19H33IN4O4S. The van der Waals surface area contributed by atoms with Crippen molar-refractivity contribution in [3.8, 4) is 5.75 Å². The average molecular weight is 540 g/mol. The van der Waals surface area contributed by atoms with Gasteiger partial charge in [-0.1, -0.05) is 18.2 Å². The number of aliphatic imine (C=N–C) groups is 1. The standard InChI is InChI=1S/C19H32N4O4S.HI/c1-20-19(21-11-7-14-26-17-8-3-2-4-9-17)22-12-15-28(24,25)23-16-18-10-5-6-13-27-18;/h2-4,8-9,18,23H,5-7,10-16H2,1H3,(H2,20,21,22);1H. The van der Waals surface area contributed by atoms with Crippen molar-refractivity contribution in [1.82, 2.24) is 15.4 Å². The van der Waals surface area contributed by atoms with E-state index in [2.05, 4.69) is 20.3 Å². The molecule has 1 fully saturated rings. The number of hydrogen-bond donors (Lipinski definition) is 3. The highest BCUT2D eigenvalue weighted by atomic mass is 127. The van der Waals surface area contributed by atoms with Crippen molar-refractivity contribution in [1.29, 1.82) is 0 Å². The molecule has 0 aromatic heterocycles. The van der Waals surface area contributed by atoms with Gasteiger partial charge in [0.2, 0.25) is 10.0 Å². The Morgan fingerprint density at radius 1 is 1.21 bits per heavy atom. The van der Waals surface area contributed by atoms with Crippen LogP contribution in [-0.4, -0.2) is 66.1 Å². The Morgan fingerprint density at radius 2 is 1.97 bits per heavy atom. The van der Waals surface area contributed by atoms with Crippen molar-refractivity contribution < 1.29 is 17.9 Å². The van der Waals surface area contributed by atoms with Gasteiger partial charge in [-0.3, -0.25) is 4.99 Å². The second-order valence-electron chi connectivity index (χ2n) is 6.60. The van der Waals surface area contributed by atoms with Crippen LogP contribution in [0.25, 0.3) is 0 Å². The number of halogens is 1. The second kappa shape index (κ2) is 14.8. The van der Waals surface area contributed by atoms with Crippen LogP contribution in [-0.2, 0) is 14.8 Å². The van der Waals surface area contributed by atoms with E-state index >= 15 is 0 Å². The molecule has 3 N–H and O–H groups in total. The van der Waals surface area contributed by atoms with Crippen molar-refractivity contribution >= 4 is 40.0 Å². The van der Waals surface area contributed by atoms with Gasteiger partial charge >= 0.3 is 0 Å². The van der Waals surface area contributed by atoms with Crippen LogP contribution in [0.5, 0.6) is 5.75 Å². The minimum Gasteiger partial charge on any atom is -0.494 e. The third kappa shape index (κ3) is 11.6. The molecule has 29 heavy (non-hydrogen) atoms. The Balaban J connectivity index is 0.00000420. The lowest BCUT2D eigenvalue weighted by molar-refractivity contribution is 0.0200. The number of guanidine groups is 1. The van der Waals surface area contributed by atoms with Gasteiger partial charge in [-0.2, -0.15) is 0 Å². The molecule has 1 aliphatic rings. The maximum atomic E-state index is 12.1. The Morgan fingerprint density at radius 3 is 2.66 bits per heavy atom. The Kier molecular flexibility index (Phi) is 13.2. The summed E-state index contributed by atoms with van der Waals surface area (Å²) in [7, 11) is -1.68. The lowest BCUT2D eigenvalue weighted by Gasteiger charge is -2.22. The SMILES string of the molecule is CN=C(NCCCOc1ccccc1)NCCS(=O)(=O)NCC1CCCCO1.I. The molecule has 10 heteroatoms. The molecule has 1 saturated heterocycles. The van der Waals surface area contributed by atoms with Gasteiger partial charge in [0.05, 0.1) is 18.5 Å². The maximum Gasteiger partial charge on any atom is 0.213 e. The molecule has 0 spiro atoms. The van der Waals surface area contributed by atoms with E-state index in [1.807, 2.05) is 30.3 Å². The first kappa shape index (κ1) is 25.9. The van der Waals surface area contributed by atoms with Crippen LogP contribution in [0.4, 0.5) is 0 Å². The first-order valence-corrected chi connectivity index (χ1v) is 11.5. The van der Waals surface area contributed by atoms with Gasteiger partial charge in [0.1, 0.15) is 5.75 Å². The Hall–Kier alpha value is -1.11. The minimum atomic E-state index is -3.34. The molecule has 2 rings (SSSR count). The van der Waals surface area contributed by atoms with E-state index in [9.17, 15) is 8.42 Å². The Bertz CT molecular complexity index is 683. The zero-order valence-corrected chi connectivity index (χ0v) is 20.1. The molecule has 1 aliphatic heterocycles. The lowest BCUT2D eigenvalue weighted by atomic mass is 10.1. The zero-order valence-electron chi connectivity index (χ0n) is 16.9. The van der Waals surface area contributed by atoms with Gasteiger partial charge in [0, 0.05) is 33.3 Å². The maximum absolute atomic E-state index is 12.1. The fourth-order valence-electron chi connectivity index (χ4n) is 2.77. The quantitative estimate of drug-likeness (QED) is 0.171. The van der Waals surface area contributed by atoms with Gasteiger partial charge < -0.3 is 20.1 Å². The predicted octanol–water partition coefficient (Wildman–Crippen LogP) is 1.73. The van der Waals surface area contributed by atoms with E-state index < -0.39 is 10.0 Å². The lowest BCUT2D eigenvalue weighted by Crippen LogP contribution is -2.43. The van der Waals surface area contributed by atoms with Gasteiger partial charge in [-0.05, 0) is 37.8 Å². The summed E-state index contributed by atoms with van der Waals surface area (Å²) < 4.78 is 38.0. The normalized spacial score (nSPS) is 17.3. The van der Waals surface area contributed by atoms with Crippen LogP contribution in [0.3, 0.4) is 0 Å².